The second-order valence-electron chi connectivity index (χ2n) is 5.37. The van der Waals surface area contributed by atoms with Crippen molar-refractivity contribution in [1.82, 2.24) is 9.97 Å². The summed E-state index contributed by atoms with van der Waals surface area (Å²) in [7, 11) is -3.20. The minimum Gasteiger partial charge on any atom is -0.260 e. The molecule has 0 N–H and O–H groups in total. The van der Waals surface area contributed by atoms with Crippen molar-refractivity contribution in [1.29, 1.82) is 0 Å². The largest absolute Gasteiger partial charge is 0.260 e. The Morgan fingerprint density at radius 2 is 1.58 bits per heavy atom. The summed E-state index contributed by atoms with van der Waals surface area (Å²) in [5.74, 6) is 0. The minimum absolute atomic E-state index is 0.291. The lowest BCUT2D eigenvalue weighted by Crippen LogP contribution is -1.96. The number of benzene rings is 2. The molecular formula is C19H16N2O2S. The maximum Gasteiger partial charge on any atom is 0.175 e. The molecule has 3 rings (SSSR count). The van der Waals surface area contributed by atoms with Gasteiger partial charge in [-0.25, -0.2) is 13.4 Å². The van der Waals surface area contributed by atoms with Crippen molar-refractivity contribution in [3.8, 4) is 11.3 Å². The van der Waals surface area contributed by atoms with Crippen molar-refractivity contribution in [3.63, 3.8) is 0 Å². The fourth-order valence-electron chi connectivity index (χ4n) is 2.22. The van der Waals surface area contributed by atoms with E-state index in [0.717, 1.165) is 16.8 Å². The molecule has 0 saturated heterocycles. The van der Waals surface area contributed by atoms with Gasteiger partial charge in [0.25, 0.3) is 0 Å². The molecule has 0 aliphatic carbocycles. The minimum atomic E-state index is -3.20. The molecule has 0 spiro atoms. The van der Waals surface area contributed by atoms with Crippen LogP contribution < -0.4 is 0 Å². The van der Waals surface area contributed by atoms with Gasteiger partial charge >= 0.3 is 0 Å². The van der Waals surface area contributed by atoms with Gasteiger partial charge in [0, 0.05) is 11.8 Å². The third kappa shape index (κ3) is 3.94. The average molecular weight is 336 g/mol. The molecule has 1 heterocycles. The van der Waals surface area contributed by atoms with Crippen molar-refractivity contribution in [2.45, 2.75) is 4.90 Å². The summed E-state index contributed by atoms with van der Waals surface area (Å²) in [6, 6.07) is 16.6. The van der Waals surface area contributed by atoms with Crippen molar-refractivity contribution in [2.75, 3.05) is 6.26 Å². The van der Waals surface area contributed by atoms with Crippen LogP contribution >= 0.6 is 0 Å². The molecule has 0 atom stereocenters. The van der Waals surface area contributed by atoms with Gasteiger partial charge in [-0.1, -0.05) is 48.5 Å². The smallest absolute Gasteiger partial charge is 0.175 e. The topological polar surface area (TPSA) is 59.9 Å². The van der Waals surface area contributed by atoms with Gasteiger partial charge in [0.1, 0.15) is 0 Å². The van der Waals surface area contributed by atoms with Gasteiger partial charge < -0.3 is 0 Å². The van der Waals surface area contributed by atoms with E-state index in [1.807, 2.05) is 42.5 Å². The molecule has 0 saturated carbocycles. The van der Waals surface area contributed by atoms with Crippen LogP contribution in [0.5, 0.6) is 0 Å². The fourth-order valence-corrected chi connectivity index (χ4v) is 2.85. The lowest BCUT2D eigenvalue weighted by molar-refractivity contribution is 0.602. The van der Waals surface area contributed by atoms with Crippen LogP contribution in [0.2, 0.25) is 0 Å². The summed E-state index contributed by atoms with van der Waals surface area (Å²) < 4.78 is 23.0. The first-order valence-electron chi connectivity index (χ1n) is 7.38. The summed E-state index contributed by atoms with van der Waals surface area (Å²) in [4.78, 5) is 9.05. The Morgan fingerprint density at radius 1 is 0.875 bits per heavy atom. The van der Waals surface area contributed by atoms with Crippen molar-refractivity contribution >= 4 is 22.0 Å². The first kappa shape index (κ1) is 16.1. The predicted molar refractivity (Wildman–Crippen MR) is 95.9 cm³/mol. The van der Waals surface area contributed by atoms with Crippen LogP contribution in [0.25, 0.3) is 23.4 Å². The lowest BCUT2D eigenvalue weighted by Gasteiger charge is -2.03. The summed E-state index contributed by atoms with van der Waals surface area (Å²) >= 11 is 0. The molecular weight excluding hydrogens is 320 g/mol. The Hall–Kier alpha value is -2.79. The highest BCUT2D eigenvalue weighted by atomic mass is 32.2. The number of nitrogens with zero attached hydrogens (tertiary/aromatic N) is 2. The van der Waals surface area contributed by atoms with Crippen LogP contribution in [0.3, 0.4) is 0 Å². The molecule has 0 bridgehead atoms. The number of sulfone groups is 1. The van der Waals surface area contributed by atoms with Crippen LogP contribution in [0.4, 0.5) is 0 Å². The van der Waals surface area contributed by atoms with Crippen molar-refractivity contribution in [2.24, 2.45) is 0 Å². The van der Waals surface area contributed by atoms with Crippen LogP contribution in [-0.2, 0) is 9.84 Å². The van der Waals surface area contributed by atoms with Gasteiger partial charge in [-0.2, -0.15) is 0 Å². The summed E-state index contributed by atoms with van der Waals surface area (Å²) in [6.07, 6.45) is 8.41. The molecule has 5 heteroatoms. The zero-order chi connectivity index (χ0) is 17.0. The molecule has 4 nitrogen and oxygen atoms in total. The molecule has 3 aromatic rings. The second kappa shape index (κ2) is 6.76. The molecule has 0 aliphatic rings. The van der Waals surface area contributed by atoms with Crippen molar-refractivity contribution < 1.29 is 8.42 Å². The summed E-state index contributed by atoms with van der Waals surface area (Å²) in [6.45, 7) is 0. The normalized spacial score (nSPS) is 11.7. The number of aromatic nitrogens is 2. The van der Waals surface area contributed by atoms with Gasteiger partial charge in [-0.3, -0.25) is 4.98 Å². The van der Waals surface area contributed by atoms with E-state index in [1.54, 1.807) is 36.7 Å². The third-order valence-corrected chi connectivity index (χ3v) is 4.61. The van der Waals surface area contributed by atoms with Gasteiger partial charge in [0.15, 0.2) is 9.84 Å². The van der Waals surface area contributed by atoms with Gasteiger partial charge in [0.2, 0.25) is 0 Å². The van der Waals surface area contributed by atoms with Crippen LogP contribution in [0, 0.1) is 0 Å². The highest BCUT2D eigenvalue weighted by Crippen LogP contribution is 2.19. The quantitative estimate of drug-likeness (QED) is 0.728. The standard InChI is InChI=1S/C19H16N2O2S/c1-24(22,23)18-11-8-16(9-12-18)19-14-20-13-17(21-19)10-7-15-5-3-2-4-6-15/h2-14H,1H3/b10-7+. The predicted octanol–water partition coefficient (Wildman–Crippen LogP) is 3.72. The maximum atomic E-state index is 11.5. The molecule has 0 radical (unpaired) electrons. The van der Waals surface area contributed by atoms with Crippen LogP contribution in [0.15, 0.2) is 71.9 Å². The molecule has 24 heavy (non-hydrogen) atoms. The third-order valence-electron chi connectivity index (χ3n) is 3.48. The number of hydrogen-bond acceptors (Lipinski definition) is 4. The Balaban J connectivity index is 1.87. The molecule has 2 aromatic carbocycles. The lowest BCUT2D eigenvalue weighted by atomic mass is 10.1. The van der Waals surface area contributed by atoms with E-state index in [0.29, 0.717) is 10.6 Å². The second-order valence-corrected chi connectivity index (χ2v) is 7.39. The Bertz CT molecular complexity index is 964. The van der Waals surface area contributed by atoms with E-state index >= 15 is 0 Å². The molecule has 0 unspecified atom stereocenters. The molecule has 120 valence electrons. The fraction of sp³-hybridized carbons (Fsp3) is 0.0526. The van der Waals surface area contributed by atoms with Crippen LogP contribution in [0.1, 0.15) is 11.3 Å². The van der Waals surface area contributed by atoms with Gasteiger partial charge in [-0.15, -0.1) is 0 Å². The maximum absolute atomic E-state index is 11.5. The molecule has 0 aliphatic heterocycles. The summed E-state index contributed by atoms with van der Waals surface area (Å²) in [5, 5.41) is 0. The van der Waals surface area contributed by atoms with E-state index in [1.165, 1.54) is 6.26 Å². The van der Waals surface area contributed by atoms with Crippen molar-refractivity contribution in [3.05, 3.63) is 78.2 Å². The molecule has 0 fully saturated rings. The highest BCUT2D eigenvalue weighted by molar-refractivity contribution is 7.90. The molecule has 0 amide bonds. The molecule has 1 aromatic heterocycles. The van der Waals surface area contributed by atoms with E-state index in [2.05, 4.69) is 9.97 Å². The zero-order valence-electron chi connectivity index (χ0n) is 13.1. The Morgan fingerprint density at radius 3 is 2.25 bits per heavy atom. The number of rotatable bonds is 4. The SMILES string of the molecule is CS(=O)(=O)c1ccc(-c2cncc(/C=C/c3ccccc3)n2)cc1. The van der Waals surface area contributed by atoms with E-state index in [9.17, 15) is 8.42 Å². The van der Waals surface area contributed by atoms with E-state index in [4.69, 9.17) is 0 Å². The van der Waals surface area contributed by atoms with E-state index < -0.39 is 9.84 Å². The van der Waals surface area contributed by atoms with Gasteiger partial charge in [-0.05, 0) is 23.8 Å². The highest BCUT2D eigenvalue weighted by Gasteiger charge is 2.07. The Kier molecular flexibility index (Phi) is 4.53. The van der Waals surface area contributed by atoms with E-state index in [-0.39, 0.29) is 0 Å². The zero-order valence-corrected chi connectivity index (χ0v) is 13.9. The first-order chi connectivity index (χ1) is 11.5. The monoisotopic (exact) mass is 336 g/mol. The number of hydrogen-bond donors (Lipinski definition) is 0. The van der Waals surface area contributed by atoms with Crippen LogP contribution in [-0.4, -0.2) is 24.6 Å². The first-order valence-corrected chi connectivity index (χ1v) is 9.27. The summed E-state index contributed by atoms with van der Waals surface area (Å²) in [5.41, 5.74) is 3.35. The van der Waals surface area contributed by atoms with Gasteiger partial charge in [0.05, 0.1) is 28.7 Å². The Labute approximate surface area is 141 Å². The average Bonchev–Trinajstić information content (AvgIpc) is 2.60.